The number of aryl methyl sites for hydroxylation is 1. The largest absolute Gasteiger partial charge is 0.392 e. The number of aliphatic hydroxyl groups excluding tert-OH is 1. The summed E-state index contributed by atoms with van der Waals surface area (Å²) in [5, 5.41) is 19.5. The van der Waals surface area contributed by atoms with Gasteiger partial charge >= 0.3 is 0 Å². The lowest BCUT2D eigenvalue weighted by molar-refractivity contribution is -0.385. The maximum absolute atomic E-state index is 10.5. The summed E-state index contributed by atoms with van der Waals surface area (Å²) in [6.45, 7) is 1.89. The number of rotatable bonds is 4. The Morgan fingerprint density at radius 1 is 1.43 bits per heavy atom. The van der Waals surface area contributed by atoms with E-state index >= 15 is 0 Å². The molecule has 0 radical (unpaired) electrons. The van der Waals surface area contributed by atoms with Crippen molar-refractivity contribution < 1.29 is 10.0 Å². The highest BCUT2D eigenvalue weighted by molar-refractivity contribution is 5.39. The third kappa shape index (κ3) is 2.29. The van der Waals surface area contributed by atoms with Crippen LogP contribution in [0.15, 0.2) is 18.2 Å². The molecule has 0 aliphatic heterocycles. The maximum atomic E-state index is 10.5. The van der Waals surface area contributed by atoms with Crippen molar-refractivity contribution in [3.05, 3.63) is 39.4 Å². The van der Waals surface area contributed by atoms with Crippen molar-refractivity contribution in [1.82, 2.24) is 0 Å². The van der Waals surface area contributed by atoms with Crippen LogP contribution in [0.25, 0.3) is 0 Å². The van der Waals surface area contributed by atoms with Gasteiger partial charge in [0, 0.05) is 12.1 Å². The van der Waals surface area contributed by atoms with Crippen molar-refractivity contribution >= 4 is 5.69 Å². The minimum Gasteiger partial charge on any atom is -0.392 e. The number of nitro groups is 1. The van der Waals surface area contributed by atoms with Crippen molar-refractivity contribution in [2.45, 2.75) is 26.4 Å². The quantitative estimate of drug-likeness (QED) is 0.590. The predicted molar refractivity (Wildman–Crippen MR) is 53.0 cm³/mol. The van der Waals surface area contributed by atoms with Gasteiger partial charge in [0.2, 0.25) is 0 Å². The zero-order chi connectivity index (χ0) is 10.6. The normalized spacial score (nSPS) is 10.1. The van der Waals surface area contributed by atoms with E-state index in [0.717, 1.165) is 18.4 Å². The second-order valence-corrected chi connectivity index (χ2v) is 3.12. The van der Waals surface area contributed by atoms with Gasteiger partial charge in [0.1, 0.15) is 0 Å². The molecule has 4 heteroatoms. The van der Waals surface area contributed by atoms with Crippen LogP contribution in [-0.2, 0) is 13.0 Å². The molecule has 14 heavy (non-hydrogen) atoms. The van der Waals surface area contributed by atoms with Crippen LogP contribution in [0.2, 0.25) is 0 Å². The van der Waals surface area contributed by atoms with Crippen molar-refractivity contribution in [3.63, 3.8) is 0 Å². The Labute approximate surface area is 82.3 Å². The molecule has 0 saturated carbocycles. The second-order valence-electron chi connectivity index (χ2n) is 3.12. The lowest BCUT2D eigenvalue weighted by atomic mass is 10.0. The number of aliphatic hydroxyl groups is 1. The van der Waals surface area contributed by atoms with Gasteiger partial charge in [-0.2, -0.15) is 0 Å². The zero-order valence-corrected chi connectivity index (χ0v) is 8.06. The molecule has 4 nitrogen and oxygen atoms in total. The first-order chi connectivity index (χ1) is 6.69. The molecule has 0 saturated heterocycles. The molecule has 0 unspecified atom stereocenters. The molecule has 0 aliphatic rings. The van der Waals surface area contributed by atoms with Gasteiger partial charge in [-0.05, 0) is 17.5 Å². The Kier molecular flexibility index (Phi) is 3.59. The summed E-state index contributed by atoms with van der Waals surface area (Å²) in [6.07, 6.45) is 1.80. The topological polar surface area (TPSA) is 63.4 Å². The molecule has 0 heterocycles. The van der Waals surface area contributed by atoms with E-state index in [4.69, 9.17) is 5.11 Å². The molecule has 1 N–H and O–H groups in total. The average molecular weight is 195 g/mol. The van der Waals surface area contributed by atoms with Crippen molar-refractivity contribution in [3.8, 4) is 0 Å². The van der Waals surface area contributed by atoms with Crippen molar-refractivity contribution in [2.24, 2.45) is 0 Å². The highest BCUT2D eigenvalue weighted by Crippen LogP contribution is 2.19. The average Bonchev–Trinajstić information content (AvgIpc) is 2.18. The zero-order valence-electron chi connectivity index (χ0n) is 8.06. The number of benzene rings is 1. The highest BCUT2D eigenvalue weighted by atomic mass is 16.6. The first-order valence-corrected chi connectivity index (χ1v) is 4.56. The van der Waals surface area contributed by atoms with E-state index in [1.54, 1.807) is 6.07 Å². The molecule has 1 aromatic carbocycles. The molecule has 76 valence electrons. The molecular formula is C10H13NO3. The number of nitrogens with zero attached hydrogens (tertiary/aromatic N) is 1. The first kappa shape index (κ1) is 10.7. The van der Waals surface area contributed by atoms with Crippen LogP contribution in [-0.4, -0.2) is 10.0 Å². The summed E-state index contributed by atoms with van der Waals surface area (Å²) in [4.78, 5) is 10.0. The van der Waals surface area contributed by atoms with Gasteiger partial charge in [0.15, 0.2) is 0 Å². The smallest absolute Gasteiger partial charge is 0.269 e. The molecule has 0 aliphatic carbocycles. The van der Waals surface area contributed by atoms with E-state index in [1.165, 1.54) is 12.1 Å². The molecule has 0 atom stereocenters. The van der Waals surface area contributed by atoms with Crippen molar-refractivity contribution in [1.29, 1.82) is 0 Å². The van der Waals surface area contributed by atoms with Crippen LogP contribution < -0.4 is 0 Å². The lowest BCUT2D eigenvalue weighted by Gasteiger charge is -2.05. The summed E-state index contributed by atoms with van der Waals surface area (Å²) in [5.41, 5.74) is 1.68. The fraction of sp³-hybridized carbons (Fsp3) is 0.400. The standard InChI is InChI=1S/C10H13NO3/c1-2-3-8-4-5-10(11(13)14)6-9(8)7-12/h4-6,12H,2-3,7H2,1H3. The van der Waals surface area contributed by atoms with E-state index in [2.05, 4.69) is 0 Å². The molecule has 0 aromatic heterocycles. The number of nitro benzene ring substituents is 1. The summed E-state index contributed by atoms with van der Waals surface area (Å²) in [7, 11) is 0. The summed E-state index contributed by atoms with van der Waals surface area (Å²) in [5.74, 6) is 0. The minimum absolute atomic E-state index is 0.0360. The van der Waals surface area contributed by atoms with Crippen LogP contribution in [0.5, 0.6) is 0 Å². The molecule has 1 aromatic rings. The van der Waals surface area contributed by atoms with Gasteiger partial charge in [-0.15, -0.1) is 0 Å². The molecule has 0 bridgehead atoms. The lowest BCUT2D eigenvalue weighted by Crippen LogP contribution is -1.96. The minimum atomic E-state index is -0.450. The highest BCUT2D eigenvalue weighted by Gasteiger charge is 2.09. The van der Waals surface area contributed by atoms with E-state index in [9.17, 15) is 10.1 Å². The van der Waals surface area contributed by atoms with Gasteiger partial charge in [0.05, 0.1) is 11.5 Å². The van der Waals surface area contributed by atoms with Gasteiger partial charge in [-0.3, -0.25) is 10.1 Å². The van der Waals surface area contributed by atoms with Crippen LogP contribution in [0.4, 0.5) is 5.69 Å². The fourth-order valence-corrected chi connectivity index (χ4v) is 1.39. The maximum Gasteiger partial charge on any atom is 0.269 e. The molecule has 0 amide bonds. The monoisotopic (exact) mass is 195 g/mol. The Bertz CT molecular complexity index is 336. The van der Waals surface area contributed by atoms with Crippen molar-refractivity contribution in [2.75, 3.05) is 0 Å². The molecule has 1 rings (SSSR count). The van der Waals surface area contributed by atoms with Gasteiger partial charge in [-0.1, -0.05) is 19.4 Å². The molecular weight excluding hydrogens is 182 g/mol. The van der Waals surface area contributed by atoms with E-state index in [1.807, 2.05) is 6.92 Å². The predicted octanol–water partition coefficient (Wildman–Crippen LogP) is 2.04. The Morgan fingerprint density at radius 2 is 2.14 bits per heavy atom. The van der Waals surface area contributed by atoms with Gasteiger partial charge < -0.3 is 5.11 Å². The Morgan fingerprint density at radius 3 is 2.64 bits per heavy atom. The third-order valence-electron chi connectivity index (χ3n) is 2.09. The van der Waals surface area contributed by atoms with Crippen LogP contribution in [0.1, 0.15) is 24.5 Å². The van der Waals surface area contributed by atoms with E-state index in [-0.39, 0.29) is 12.3 Å². The number of hydrogen-bond acceptors (Lipinski definition) is 3. The van der Waals surface area contributed by atoms with Gasteiger partial charge in [-0.25, -0.2) is 0 Å². The summed E-state index contributed by atoms with van der Waals surface area (Å²) >= 11 is 0. The number of hydrogen-bond donors (Lipinski definition) is 1. The fourth-order valence-electron chi connectivity index (χ4n) is 1.39. The molecule has 0 spiro atoms. The molecule has 0 fully saturated rings. The second kappa shape index (κ2) is 4.72. The van der Waals surface area contributed by atoms with Crippen LogP contribution in [0, 0.1) is 10.1 Å². The van der Waals surface area contributed by atoms with Crippen LogP contribution in [0.3, 0.4) is 0 Å². The number of non-ortho nitro benzene ring substituents is 1. The Balaban J connectivity index is 3.04. The Hall–Kier alpha value is -1.42. The van der Waals surface area contributed by atoms with E-state index in [0.29, 0.717) is 5.56 Å². The van der Waals surface area contributed by atoms with E-state index < -0.39 is 4.92 Å². The third-order valence-corrected chi connectivity index (χ3v) is 2.09. The first-order valence-electron chi connectivity index (χ1n) is 4.56. The SMILES string of the molecule is CCCc1ccc([N+](=O)[O-])cc1CO. The summed E-state index contributed by atoms with van der Waals surface area (Å²) < 4.78 is 0. The van der Waals surface area contributed by atoms with Gasteiger partial charge in [0.25, 0.3) is 5.69 Å². The van der Waals surface area contributed by atoms with Crippen LogP contribution >= 0.6 is 0 Å². The summed E-state index contributed by atoms with van der Waals surface area (Å²) in [6, 6.07) is 4.63.